The number of hydrogen-bond acceptors (Lipinski definition) is 5. The second-order valence-corrected chi connectivity index (χ2v) is 7.05. The molecule has 3 aromatic rings. The third kappa shape index (κ3) is 3.69. The van der Waals surface area contributed by atoms with Crippen molar-refractivity contribution in [2.45, 2.75) is 0 Å². The Morgan fingerprint density at radius 3 is 2.00 bits per heavy atom. The number of carbonyl (C=O) groups excluding carboxylic acids is 1. The predicted molar refractivity (Wildman–Crippen MR) is 111 cm³/mol. The molecule has 28 heavy (non-hydrogen) atoms. The average molecular weight is 376 g/mol. The average Bonchev–Trinajstić information content (AvgIpc) is 3.24. The van der Waals surface area contributed by atoms with Crippen molar-refractivity contribution in [2.75, 3.05) is 50.1 Å². The van der Waals surface area contributed by atoms with Crippen molar-refractivity contribution in [3.05, 3.63) is 60.9 Å². The molecule has 0 aliphatic carbocycles. The van der Waals surface area contributed by atoms with Crippen LogP contribution in [0.5, 0.6) is 0 Å². The minimum atomic E-state index is -0.216. The molecule has 2 heterocycles. The molecule has 1 fully saturated rings. The van der Waals surface area contributed by atoms with Gasteiger partial charge in [0.05, 0.1) is 0 Å². The Bertz CT molecular complexity index is 927. The molecule has 0 spiro atoms. The van der Waals surface area contributed by atoms with Gasteiger partial charge in [0.15, 0.2) is 5.82 Å². The van der Waals surface area contributed by atoms with Crippen molar-refractivity contribution in [1.82, 2.24) is 19.7 Å². The van der Waals surface area contributed by atoms with Gasteiger partial charge in [0.25, 0.3) is 0 Å². The zero-order valence-electron chi connectivity index (χ0n) is 16.2. The van der Waals surface area contributed by atoms with Crippen LogP contribution in [0.25, 0.3) is 11.4 Å². The lowest BCUT2D eigenvalue weighted by molar-refractivity contribution is 0.216. The molecule has 7 heteroatoms. The first-order valence-corrected chi connectivity index (χ1v) is 9.40. The highest BCUT2D eigenvalue weighted by Gasteiger charge is 2.18. The lowest BCUT2D eigenvalue weighted by Gasteiger charge is -2.37. The monoisotopic (exact) mass is 376 g/mol. The van der Waals surface area contributed by atoms with Crippen LogP contribution in [0.4, 0.5) is 16.2 Å². The third-order valence-corrected chi connectivity index (χ3v) is 4.96. The van der Waals surface area contributed by atoms with Crippen molar-refractivity contribution in [3.8, 4) is 11.4 Å². The summed E-state index contributed by atoms with van der Waals surface area (Å²) >= 11 is 0. The highest BCUT2D eigenvalue weighted by molar-refractivity contribution is 5.75. The van der Waals surface area contributed by atoms with E-state index in [1.165, 1.54) is 27.3 Å². The van der Waals surface area contributed by atoms with Crippen LogP contribution in [0.3, 0.4) is 0 Å². The van der Waals surface area contributed by atoms with Crippen LogP contribution in [-0.4, -0.2) is 66.0 Å². The first kappa shape index (κ1) is 18.0. The number of aromatic nitrogens is 3. The van der Waals surface area contributed by atoms with E-state index in [0.29, 0.717) is 5.82 Å². The Hall–Kier alpha value is -3.35. The summed E-state index contributed by atoms with van der Waals surface area (Å²) in [7, 11) is 3.38. The normalized spacial score (nSPS) is 14.2. The van der Waals surface area contributed by atoms with E-state index in [9.17, 15) is 4.79 Å². The van der Waals surface area contributed by atoms with Crippen LogP contribution in [0.2, 0.25) is 0 Å². The number of amides is 1. The fourth-order valence-corrected chi connectivity index (χ4v) is 3.38. The third-order valence-electron chi connectivity index (χ3n) is 4.96. The lowest BCUT2D eigenvalue weighted by Crippen LogP contribution is -2.46. The summed E-state index contributed by atoms with van der Waals surface area (Å²) in [5, 5.41) is 4.28. The maximum Gasteiger partial charge on any atom is 0.345 e. The summed E-state index contributed by atoms with van der Waals surface area (Å²) < 4.78 is 1.26. The van der Waals surface area contributed by atoms with E-state index in [0.717, 1.165) is 31.7 Å². The molecule has 1 aliphatic heterocycles. The summed E-state index contributed by atoms with van der Waals surface area (Å²) in [6.45, 7) is 3.98. The molecule has 1 saturated heterocycles. The molecule has 7 nitrogen and oxygen atoms in total. The largest absolute Gasteiger partial charge is 0.368 e. The van der Waals surface area contributed by atoms with Gasteiger partial charge in [0.2, 0.25) is 0 Å². The van der Waals surface area contributed by atoms with Gasteiger partial charge in [-0.1, -0.05) is 18.2 Å². The van der Waals surface area contributed by atoms with Gasteiger partial charge in [0.1, 0.15) is 6.33 Å². The number of hydrogen-bond donors (Lipinski definition) is 0. The molecule has 1 amide bonds. The molecule has 0 atom stereocenters. The number of para-hydroxylation sites is 1. The summed E-state index contributed by atoms with van der Waals surface area (Å²) in [4.78, 5) is 22.5. The predicted octanol–water partition coefficient (Wildman–Crippen LogP) is 2.80. The van der Waals surface area contributed by atoms with Gasteiger partial charge in [-0.3, -0.25) is 0 Å². The topological polar surface area (TPSA) is 57.5 Å². The maximum absolute atomic E-state index is 12.0. The molecule has 0 N–H and O–H groups in total. The molecule has 0 bridgehead atoms. The van der Waals surface area contributed by atoms with Gasteiger partial charge in [-0.05, 0) is 36.4 Å². The quantitative estimate of drug-likeness (QED) is 0.704. The summed E-state index contributed by atoms with van der Waals surface area (Å²) in [6, 6.07) is 18.6. The van der Waals surface area contributed by atoms with Crippen molar-refractivity contribution in [3.63, 3.8) is 0 Å². The van der Waals surface area contributed by atoms with E-state index in [1.54, 1.807) is 14.1 Å². The van der Waals surface area contributed by atoms with E-state index < -0.39 is 0 Å². The Balaban J connectivity index is 1.41. The number of piperazine rings is 1. The number of carbonyl (C=O) groups is 1. The Kier molecular flexibility index (Phi) is 4.97. The lowest BCUT2D eigenvalue weighted by atomic mass is 10.1. The van der Waals surface area contributed by atoms with Crippen molar-refractivity contribution in [1.29, 1.82) is 0 Å². The van der Waals surface area contributed by atoms with Crippen molar-refractivity contribution in [2.24, 2.45) is 0 Å². The SMILES string of the molecule is CN(C)C(=O)n1cnc(-c2ccc(N3CCN(c4ccccc4)CC3)cc2)n1. The first-order valence-electron chi connectivity index (χ1n) is 9.40. The van der Waals surface area contributed by atoms with Gasteiger partial charge < -0.3 is 14.7 Å². The van der Waals surface area contributed by atoms with E-state index in [-0.39, 0.29) is 6.03 Å². The molecule has 0 unspecified atom stereocenters. The molecule has 4 rings (SSSR count). The van der Waals surface area contributed by atoms with Gasteiger partial charge >= 0.3 is 6.03 Å². The zero-order valence-corrected chi connectivity index (χ0v) is 16.2. The van der Waals surface area contributed by atoms with E-state index in [2.05, 4.69) is 62.3 Å². The van der Waals surface area contributed by atoms with E-state index in [1.807, 2.05) is 12.1 Å². The standard InChI is InChI=1S/C21H24N6O/c1-24(2)21(28)27-16-22-20(23-27)17-8-10-19(11-9-17)26-14-12-25(13-15-26)18-6-4-3-5-7-18/h3-11,16H,12-15H2,1-2H3. The Morgan fingerprint density at radius 2 is 1.43 bits per heavy atom. The van der Waals surface area contributed by atoms with E-state index >= 15 is 0 Å². The van der Waals surface area contributed by atoms with Crippen LogP contribution in [0, 0.1) is 0 Å². The van der Waals surface area contributed by atoms with Gasteiger partial charge in [-0.15, -0.1) is 5.10 Å². The fraction of sp³-hybridized carbons (Fsp3) is 0.286. The van der Waals surface area contributed by atoms with Gasteiger partial charge in [-0.25, -0.2) is 9.78 Å². The van der Waals surface area contributed by atoms with Gasteiger partial charge in [-0.2, -0.15) is 4.68 Å². The highest BCUT2D eigenvalue weighted by Crippen LogP contribution is 2.23. The van der Waals surface area contributed by atoms with Crippen molar-refractivity contribution >= 4 is 17.4 Å². The summed E-state index contributed by atoms with van der Waals surface area (Å²) in [5.74, 6) is 0.552. The Labute approximate surface area is 164 Å². The Morgan fingerprint density at radius 1 is 0.857 bits per heavy atom. The molecule has 1 aliphatic rings. The summed E-state index contributed by atoms with van der Waals surface area (Å²) in [5.41, 5.74) is 3.38. The second-order valence-electron chi connectivity index (χ2n) is 7.05. The second kappa shape index (κ2) is 7.72. The minimum Gasteiger partial charge on any atom is -0.368 e. The van der Waals surface area contributed by atoms with Gasteiger partial charge in [0, 0.05) is 57.2 Å². The number of benzene rings is 2. The molecule has 2 aromatic carbocycles. The number of rotatable bonds is 3. The van der Waals surface area contributed by atoms with Crippen LogP contribution in [-0.2, 0) is 0 Å². The zero-order chi connectivity index (χ0) is 19.5. The number of anilines is 2. The minimum absolute atomic E-state index is 0.216. The molecule has 144 valence electrons. The molecule has 1 aromatic heterocycles. The summed E-state index contributed by atoms with van der Waals surface area (Å²) in [6.07, 6.45) is 1.45. The van der Waals surface area contributed by atoms with Crippen LogP contribution in [0.15, 0.2) is 60.9 Å². The molecular formula is C21H24N6O. The molecule has 0 saturated carbocycles. The number of nitrogens with zero attached hydrogens (tertiary/aromatic N) is 6. The van der Waals surface area contributed by atoms with Crippen LogP contribution >= 0.6 is 0 Å². The molecule has 0 radical (unpaired) electrons. The highest BCUT2D eigenvalue weighted by atomic mass is 16.2. The van der Waals surface area contributed by atoms with Crippen LogP contribution in [0.1, 0.15) is 0 Å². The smallest absolute Gasteiger partial charge is 0.345 e. The molecular weight excluding hydrogens is 352 g/mol. The maximum atomic E-state index is 12.0. The van der Waals surface area contributed by atoms with E-state index in [4.69, 9.17) is 0 Å². The fourth-order valence-electron chi connectivity index (χ4n) is 3.38. The van der Waals surface area contributed by atoms with Crippen molar-refractivity contribution < 1.29 is 4.79 Å². The first-order chi connectivity index (χ1) is 13.6. The van der Waals surface area contributed by atoms with Crippen LogP contribution < -0.4 is 9.80 Å².